The second-order valence-corrected chi connectivity index (χ2v) is 8.83. The van der Waals surface area contributed by atoms with Crippen LogP contribution in [0.5, 0.6) is 0 Å². The minimum Gasteiger partial charge on any atom is -0.353 e. The molecule has 0 radical (unpaired) electrons. The van der Waals surface area contributed by atoms with Crippen molar-refractivity contribution in [3.05, 3.63) is 46.5 Å². The van der Waals surface area contributed by atoms with E-state index in [-0.39, 0.29) is 16.4 Å². The van der Waals surface area contributed by atoms with Gasteiger partial charge in [0.1, 0.15) is 16.4 Å². The average Bonchev–Trinajstić information content (AvgIpc) is 2.93. The minimum atomic E-state index is -3.65. The molecular weight excluding hydrogens is 369 g/mol. The van der Waals surface area contributed by atoms with Crippen molar-refractivity contribution in [1.29, 1.82) is 0 Å². The quantitative estimate of drug-likeness (QED) is 0.834. The molecule has 2 N–H and O–H groups in total. The van der Waals surface area contributed by atoms with Crippen LogP contribution < -0.4 is 5.32 Å². The van der Waals surface area contributed by atoms with Crippen molar-refractivity contribution in [3.63, 3.8) is 0 Å². The predicted octanol–water partition coefficient (Wildman–Crippen LogP) is 3.51. The van der Waals surface area contributed by atoms with E-state index in [2.05, 4.69) is 10.3 Å². The van der Waals surface area contributed by atoms with Gasteiger partial charge in [-0.25, -0.2) is 12.8 Å². The lowest BCUT2D eigenvalue weighted by atomic mass is 10.2. The maximum Gasteiger partial charge on any atom is 0.272 e. The third-order valence-corrected chi connectivity index (χ3v) is 7.12. The van der Waals surface area contributed by atoms with Crippen molar-refractivity contribution in [2.75, 3.05) is 18.4 Å². The van der Waals surface area contributed by atoms with Crippen LogP contribution in [0, 0.1) is 26.6 Å². The van der Waals surface area contributed by atoms with Gasteiger partial charge in [0.2, 0.25) is 10.0 Å². The lowest BCUT2D eigenvalue weighted by molar-refractivity contribution is 0.102. The van der Waals surface area contributed by atoms with Gasteiger partial charge in [-0.15, -0.1) is 0 Å². The first kappa shape index (κ1) is 19.6. The normalized spacial score (nSPS) is 15.7. The summed E-state index contributed by atoms with van der Waals surface area (Å²) in [4.78, 5) is 15.8. The third kappa shape index (κ3) is 3.77. The fraction of sp³-hybridized carbons (Fsp3) is 0.421. The summed E-state index contributed by atoms with van der Waals surface area (Å²) < 4.78 is 40.8. The first-order valence-electron chi connectivity index (χ1n) is 8.98. The monoisotopic (exact) mass is 393 g/mol. The Bertz CT molecular complexity index is 976. The molecule has 0 bridgehead atoms. The lowest BCUT2D eigenvalue weighted by Gasteiger charge is -2.26. The highest BCUT2D eigenvalue weighted by atomic mass is 32.2. The number of nitrogens with zero attached hydrogens (tertiary/aromatic N) is 1. The summed E-state index contributed by atoms with van der Waals surface area (Å²) in [5.41, 5.74) is 2.11. The van der Waals surface area contributed by atoms with E-state index in [9.17, 15) is 17.6 Å². The van der Waals surface area contributed by atoms with Crippen LogP contribution in [0.2, 0.25) is 0 Å². The topological polar surface area (TPSA) is 82.3 Å². The van der Waals surface area contributed by atoms with Gasteiger partial charge in [0.25, 0.3) is 5.91 Å². The molecule has 0 saturated carbocycles. The molecule has 1 aliphatic heterocycles. The number of anilines is 1. The second kappa shape index (κ2) is 7.44. The van der Waals surface area contributed by atoms with E-state index in [0.29, 0.717) is 35.6 Å². The molecule has 8 heteroatoms. The van der Waals surface area contributed by atoms with Gasteiger partial charge in [-0.3, -0.25) is 4.79 Å². The molecule has 6 nitrogen and oxygen atoms in total. The number of aryl methyl sites for hydroxylation is 2. The largest absolute Gasteiger partial charge is 0.353 e. The zero-order valence-electron chi connectivity index (χ0n) is 15.7. The molecule has 0 atom stereocenters. The molecule has 3 rings (SSSR count). The Kier molecular flexibility index (Phi) is 5.39. The van der Waals surface area contributed by atoms with Gasteiger partial charge in [-0.2, -0.15) is 4.31 Å². The Labute approximate surface area is 158 Å². The Morgan fingerprint density at radius 3 is 2.44 bits per heavy atom. The number of amides is 1. The predicted molar refractivity (Wildman–Crippen MR) is 102 cm³/mol. The van der Waals surface area contributed by atoms with E-state index in [1.807, 2.05) is 0 Å². The molecule has 2 aromatic rings. The molecule has 0 spiro atoms. The lowest BCUT2D eigenvalue weighted by Crippen LogP contribution is -2.36. The number of carbonyl (C=O) groups is 1. The van der Waals surface area contributed by atoms with Crippen LogP contribution in [0.25, 0.3) is 0 Å². The first-order valence-corrected chi connectivity index (χ1v) is 10.4. The zero-order chi connectivity index (χ0) is 19.8. The number of carbonyl (C=O) groups excluding carboxylic acids is 1. The molecule has 27 heavy (non-hydrogen) atoms. The number of benzene rings is 1. The maximum atomic E-state index is 13.2. The van der Waals surface area contributed by atoms with Crippen LogP contribution in [0.4, 0.5) is 10.1 Å². The van der Waals surface area contributed by atoms with Crippen LogP contribution in [-0.4, -0.2) is 36.7 Å². The molecule has 146 valence electrons. The highest BCUT2D eigenvalue weighted by Crippen LogP contribution is 2.29. The summed E-state index contributed by atoms with van der Waals surface area (Å²) in [5, 5.41) is 2.72. The summed E-state index contributed by atoms with van der Waals surface area (Å²) in [6.07, 6.45) is 2.72. The molecule has 1 amide bonds. The molecule has 2 heterocycles. The molecular formula is C19H24FN3O3S. The molecule has 1 saturated heterocycles. The van der Waals surface area contributed by atoms with Crippen molar-refractivity contribution in [2.24, 2.45) is 0 Å². The number of sulfonamides is 1. The second-order valence-electron chi connectivity index (χ2n) is 6.96. The van der Waals surface area contributed by atoms with Crippen molar-refractivity contribution in [3.8, 4) is 0 Å². The Hall–Kier alpha value is -2.19. The SMILES string of the molecule is Cc1cc(F)ccc1NC(=O)c1[nH]c(C)c(S(=O)(=O)N2CCCCC2)c1C. The first-order chi connectivity index (χ1) is 12.7. The Morgan fingerprint density at radius 2 is 1.81 bits per heavy atom. The molecule has 1 aromatic carbocycles. The van der Waals surface area contributed by atoms with E-state index >= 15 is 0 Å². The van der Waals surface area contributed by atoms with Crippen molar-refractivity contribution >= 4 is 21.6 Å². The smallest absolute Gasteiger partial charge is 0.272 e. The van der Waals surface area contributed by atoms with E-state index in [4.69, 9.17) is 0 Å². The van der Waals surface area contributed by atoms with Crippen LogP contribution in [-0.2, 0) is 10.0 Å². The summed E-state index contributed by atoms with van der Waals surface area (Å²) in [5.74, 6) is -0.835. The van der Waals surface area contributed by atoms with Crippen molar-refractivity contribution < 1.29 is 17.6 Å². The molecule has 1 aliphatic rings. The number of aromatic nitrogens is 1. The highest BCUT2D eigenvalue weighted by molar-refractivity contribution is 7.89. The number of rotatable bonds is 4. The third-order valence-electron chi connectivity index (χ3n) is 4.95. The molecule has 0 unspecified atom stereocenters. The summed E-state index contributed by atoms with van der Waals surface area (Å²) in [6, 6.07) is 4.08. The highest BCUT2D eigenvalue weighted by Gasteiger charge is 2.32. The Morgan fingerprint density at radius 1 is 1.15 bits per heavy atom. The number of aromatic amines is 1. The standard InChI is InChI=1S/C19H24FN3O3S/c1-12-11-15(20)7-8-16(12)22-19(24)17-13(2)18(14(3)21-17)27(25,26)23-9-5-4-6-10-23/h7-8,11,21H,4-6,9-10H2,1-3H3,(H,22,24). The maximum absolute atomic E-state index is 13.2. The summed E-state index contributed by atoms with van der Waals surface area (Å²) in [6.45, 7) is 5.99. The number of nitrogens with one attached hydrogen (secondary N) is 2. The van der Waals surface area contributed by atoms with E-state index in [0.717, 1.165) is 19.3 Å². The van der Waals surface area contributed by atoms with Crippen molar-refractivity contribution in [1.82, 2.24) is 9.29 Å². The van der Waals surface area contributed by atoms with Crippen LogP contribution >= 0.6 is 0 Å². The van der Waals surface area contributed by atoms with E-state index < -0.39 is 15.9 Å². The van der Waals surface area contributed by atoms with Gasteiger partial charge < -0.3 is 10.3 Å². The fourth-order valence-electron chi connectivity index (χ4n) is 3.53. The number of hydrogen-bond acceptors (Lipinski definition) is 3. The van der Waals surface area contributed by atoms with Crippen LogP contribution in [0.15, 0.2) is 23.1 Å². The van der Waals surface area contributed by atoms with Gasteiger partial charge in [0, 0.05) is 24.5 Å². The molecule has 1 fully saturated rings. The fourth-order valence-corrected chi connectivity index (χ4v) is 5.46. The van der Waals surface area contributed by atoms with E-state index in [1.165, 1.54) is 22.5 Å². The number of halogens is 1. The number of piperidine rings is 1. The van der Waals surface area contributed by atoms with Gasteiger partial charge in [-0.05, 0) is 62.9 Å². The average molecular weight is 393 g/mol. The van der Waals surface area contributed by atoms with Crippen LogP contribution in [0.1, 0.15) is 46.6 Å². The minimum absolute atomic E-state index is 0.172. The van der Waals surface area contributed by atoms with Crippen molar-refractivity contribution in [2.45, 2.75) is 44.9 Å². The van der Waals surface area contributed by atoms with E-state index in [1.54, 1.807) is 20.8 Å². The summed E-state index contributed by atoms with van der Waals surface area (Å²) >= 11 is 0. The van der Waals surface area contributed by atoms with Gasteiger partial charge in [0.15, 0.2) is 0 Å². The molecule has 0 aliphatic carbocycles. The van der Waals surface area contributed by atoms with Crippen LogP contribution in [0.3, 0.4) is 0 Å². The number of H-pyrrole nitrogens is 1. The summed E-state index contributed by atoms with van der Waals surface area (Å²) in [7, 11) is -3.65. The Balaban J connectivity index is 1.92. The van der Waals surface area contributed by atoms with Gasteiger partial charge in [0.05, 0.1) is 0 Å². The number of hydrogen-bond donors (Lipinski definition) is 2. The zero-order valence-corrected chi connectivity index (χ0v) is 16.5. The molecule has 1 aromatic heterocycles. The van der Waals surface area contributed by atoms with Gasteiger partial charge >= 0.3 is 0 Å². The van der Waals surface area contributed by atoms with Gasteiger partial charge in [-0.1, -0.05) is 6.42 Å².